The third-order valence-electron chi connectivity index (χ3n) is 3.23. The Bertz CT molecular complexity index is 392. The molecule has 0 spiro atoms. The summed E-state index contributed by atoms with van der Waals surface area (Å²) in [4.78, 5) is 2.34. The highest BCUT2D eigenvalue weighted by Crippen LogP contribution is 2.27. The first kappa shape index (κ1) is 14.1. The van der Waals surface area contributed by atoms with Gasteiger partial charge in [-0.05, 0) is 17.7 Å². The summed E-state index contributed by atoms with van der Waals surface area (Å²) in [5, 5.41) is 0. The predicted molar refractivity (Wildman–Crippen MR) is 73.6 cm³/mol. The minimum Gasteiger partial charge on any atom is -0.493 e. The van der Waals surface area contributed by atoms with Gasteiger partial charge >= 0.3 is 0 Å². The Hall–Kier alpha value is -1.30. The van der Waals surface area contributed by atoms with Crippen molar-refractivity contribution in [3.8, 4) is 11.5 Å². The molecule has 1 fully saturated rings. The molecule has 5 heteroatoms. The first-order valence-electron chi connectivity index (χ1n) is 6.63. The van der Waals surface area contributed by atoms with Crippen LogP contribution in [0.4, 0.5) is 0 Å². The van der Waals surface area contributed by atoms with E-state index >= 15 is 0 Å². The van der Waals surface area contributed by atoms with Crippen molar-refractivity contribution in [1.82, 2.24) is 4.90 Å². The number of nitrogens with zero attached hydrogens (tertiary/aromatic N) is 1. The molecule has 1 aromatic rings. The summed E-state index contributed by atoms with van der Waals surface area (Å²) in [6.45, 7) is 5.62. The predicted octanol–water partition coefficient (Wildman–Crippen LogP) is 0.865. The van der Waals surface area contributed by atoms with Crippen molar-refractivity contribution < 1.29 is 14.2 Å². The summed E-state index contributed by atoms with van der Waals surface area (Å²) in [6, 6.07) is 5.79. The third-order valence-corrected chi connectivity index (χ3v) is 3.23. The lowest BCUT2D eigenvalue weighted by atomic mass is 10.2. The second-order valence-electron chi connectivity index (χ2n) is 4.49. The van der Waals surface area contributed by atoms with E-state index in [4.69, 9.17) is 19.9 Å². The Balaban J connectivity index is 1.86. The molecular weight excluding hydrogens is 244 g/mol. The van der Waals surface area contributed by atoms with Crippen molar-refractivity contribution in [2.45, 2.75) is 6.54 Å². The van der Waals surface area contributed by atoms with Crippen LogP contribution in [0.5, 0.6) is 11.5 Å². The van der Waals surface area contributed by atoms with Crippen LogP contribution >= 0.6 is 0 Å². The molecular formula is C14H22N2O3. The van der Waals surface area contributed by atoms with Crippen LogP contribution in [-0.4, -0.2) is 51.5 Å². The van der Waals surface area contributed by atoms with Gasteiger partial charge in [-0.2, -0.15) is 0 Å². The molecule has 0 unspecified atom stereocenters. The normalized spacial score (nSPS) is 16.3. The molecule has 106 valence electrons. The van der Waals surface area contributed by atoms with Gasteiger partial charge in [0, 0.05) is 26.2 Å². The molecule has 0 saturated carbocycles. The van der Waals surface area contributed by atoms with Gasteiger partial charge in [0.1, 0.15) is 6.61 Å². The topological polar surface area (TPSA) is 57.0 Å². The van der Waals surface area contributed by atoms with Crippen molar-refractivity contribution >= 4 is 0 Å². The molecule has 0 radical (unpaired) electrons. The van der Waals surface area contributed by atoms with Gasteiger partial charge in [0.05, 0.1) is 20.3 Å². The van der Waals surface area contributed by atoms with Crippen molar-refractivity contribution in [3.63, 3.8) is 0 Å². The van der Waals surface area contributed by atoms with E-state index in [1.165, 1.54) is 0 Å². The van der Waals surface area contributed by atoms with Crippen LogP contribution in [0.1, 0.15) is 5.56 Å². The fourth-order valence-electron chi connectivity index (χ4n) is 2.07. The number of hydrogen-bond acceptors (Lipinski definition) is 5. The molecule has 1 heterocycles. The van der Waals surface area contributed by atoms with Gasteiger partial charge < -0.3 is 19.9 Å². The molecule has 2 N–H and O–H groups in total. The van der Waals surface area contributed by atoms with Crippen LogP contribution in [0.2, 0.25) is 0 Å². The van der Waals surface area contributed by atoms with Gasteiger partial charge in [-0.1, -0.05) is 6.07 Å². The molecule has 19 heavy (non-hydrogen) atoms. The maximum atomic E-state index is 5.81. The number of methoxy groups -OCH3 is 1. The van der Waals surface area contributed by atoms with E-state index in [0.29, 0.717) is 13.2 Å². The summed E-state index contributed by atoms with van der Waals surface area (Å²) in [5.74, 6) is 1.51. The van der Waals surface area contributed by atoms with Gasteiger partial charge in [-0.3, -0.25) is 4.90 Å². The molecule has 1 aliphatic rings. The largest absolute Gasteiger partial charge is 0.493 e. The van der Waals surface area contributed by atoms with Gasteiger partial charge in [0.25, 0.3) is 0 Å². The lowest BCUT2D eigenvalue weighted by molar-refractivity contribution is 0.0321. The first-order valence-corrected chi connectivity index (χ1v) is 6.63. The number of hydrogen-bond donors (Lipinski definition) is 1. The lowest BCUT2D eigenvalue weighted by Crippen LogP contribution is -2.38. The zero-order valence-corrected chi connectivity index (χ0v) is 11.4. The van der Waals surface area contributed by atoms with E-state index in [9.17, 15) is 0 Å². The van der Waals surface area contributed by atoms with Crippen LogP contribution in [0.3, 0.4) is 0 Å². The number of ether oxygens (including phenoxy) is 3. The minimum absolute atomic E-state index is 0.504. The maximum absolute atomic E-state index is 5.81. The minimum atomic E-state index is 0.504. The smallest absolute Gasteiger partial charge is 0.161 e. The van der Waals surface area contributed by atoms with Gasteiger partial charge in [-0.25, -0.2) is 0 Å². The monoisotopic (exact) mass is 266 g/mol. The van der Waals surface area contributed by atoms with Crippen molar-refractivity contribution in [1.29, 1.82) is 0 Å². The van der Waals surface area contributed by atoms with Gasteiger partial charge in [0.15, 0.2) is 11.5 Å². The van der Waals surface area contributed by atoms with Crippen molar-refractivity contribution in [2.75, 3.05) is 46.6 Å². The highest BCUT2D eigenvalue weighted by molar-refractivity contribution is 5.42. The second kappa shape index (κ2) is 7.33. The Labute approximate surface area is 114 Å². The fourth-order valence-corrected chi connectivity index (χ4v) is 2.07. The zero-order chi connectivity index (χ0) is 13.5. The lowest BCUT2D eigenvalue weighted by Gasteiger charge is -2.26. The first-order chi connectivity index (χ1) is 9.33. The molecule has 0 atom stereocenters. The highest BCUT2D eigenvalue weighted by Gasteiger charge is 2.11. The number of rotatable bonds is 6. The summed E-state index contributed by atoms with van der Waals surface area (Å²) in [5.41, 5.74) is 6.68. The Morgan fingerprint density at radius 2 is 2.05 bits per heavy atom. The molecule has 1 saturated heterocycles. The van der Waals surface area contributed by atoms with E-state index in [2.05, 4.69) is 4.90 Å². The molecule has 1 aliphatic heterocycles. The molecule has 1 aromatic carbocycles. The summed E-state index contributed by atoms with van der Waals surface area (Å²) in [6.07, 6.45) is 0. The average molecular weight is 266 g/mol. The maximum Gasteiger partial charge on any atom is 0.161 e. The van der Waals surface area contributed by atoms with Crippen LogP contribution in [-0.2, 0) is 11.3 Å². The fraction of sp³-hybridized carbons (Fsp3) is 0.571. The molecule has 2 rings (SSSR count). The zero-order valence-electron chi connectivity index (χ0n) is 11.4. The van der Waals surface area contributed by atoms with Crippen molar-refractivity contribution in [2.24, 2.45) is 5.73 Å². The third kappa shape index (κ3) is 4.09. The summed E-state index contributed by atoms with van der Waals surface area (Å²) in [7, 11) is 1.65. The molecule has 5 nitrogen and oxygen atoms in total. The number of benzene rings is 1. The van der Waals surface area contributed by atoms with E-state index in [1.807, 2.05) is 18.2 Å². The number of morpholine rings is 1. The highest BCUT2D eigenvalue weighted by atomic mass is 16.5. The van der Waals surface area contributed by atoms with E-state index in [-0.39, 0.29) is 0 Å². The van der Waals surface area contributed by atoms with Crippen LogP contribution < -0.4 is 15.2 Å². The summed E-state index contributed by atoms with van der Waals surface area (Å²) < 4.78 is 16.4. The second-order valence-corrected chi connectivity index (χ2v) is 4.49. The summed E-state index contributed by atoms with van der Waals surface area (Å²) >= 11 is 0. The van der Waals surface area contributed by atoms with Crippen LogP contribution in [0.15, 0.2) is 18.2 Å². The van der Waals surface area contributed by atoms with E-state index in [1.54, 1.807) is 7.11 Å². The molecule has 0 aliphatic carbocycles. The average Bonchev–Trinajstić information content (AvgIpc) is 2.48. The Morgan fingerprint density at radius 1 is 1.26 bits per heavy atom. The molecule has 0 amide bonds. The van der Waals surface area contributed by atoms with Crippen LogP contribution in [0, 0.1) is 0 Å². The molecule has 0 bridgehead atoms. The Kier molecular flexibility index (Phi) is 5.44. The van der Waals surface area contributed by atoms with Crippen LogP contribution in [0.25, 0.3) is 0 Å². The Morgan fingerprint density at radius 3 is 2.74 bits per heavy atom. The number of nitrogens with two attached hydrogens (primary N) is 1. The standard InChI is InChI=1S/C14H22N2O3/c1-17-13-3-2-12(11-15)10-14(13)19-9-6-16-4-7-18-8-5-16/h2-3,10H,4-9,11,15H2,1H3. The SMILES string of the molecule is COc1ccc(CN)cc1OCCN1CCOCC1. The van der Waals surface area contributed by atoms with E-state index in [0.717, 1.165) is 49.9 Å². The van der Waals surface area contributed by atoms with Gasteiger partial charge in [0.2, 0.25) is 0 Å². The van der Waals surface area contributed by atoms with E-state index < -0.39 is 0 Å². The van der Waals surface area contributed by atoms with Crippen molar-refractivity contribution in [3.05, 3.63) is 23.8 Å². The molecule has 0 aromatic heterocycles. The quantitative estimate of drug-likeness (QED) is 0.828. The van der Waals surface area contributed by atoms with Gasteiger partial charge in [-0.15, -0.1) is 0 Å².